The van der Waals surface area contributed by atoms with Crippen LogP contribution in [0.1, 0.15) is 56.7 Å². The summed E-state index contributed by atoms with van der Waals surface area (Å²) in [5.41, 5.74) is 2.37. The lowest BCUT2D eigenvalue weighted by atomic mass is 10.0. The standard InChI is InChI=1S/C21H27NO/c1-3-4-7-16-21(23)22(17-19-12-8-5-9-13-19)18(2)20-14-10-6-11-15-20/h5-6,8-15,18H,3-4,7,16-17H2,1-2H3. The third-order valence-corrected chi connectivity index (χ3v) is 4.26. The van der Waals surface area contributed by atoms with Gasteiger partial charge in [-0.3, -0.25) is 4.79 Å². The van der Waals surface area contributed by atoms with E-state index in [9.17, 15) is 4.79 Å². The summed E-state index contributed by atoms with van der Waals surface area (Å²) in [7, 11) is 0. The Hall–Kier alpha value is -2.09. The largest absolute Gasteiger partial charge is 0.332 e. The van der Waals surface area contributed by atoms with E-state index < -0.39 is 0 Å². The highest BCUT2D eigenvalue weighted by Gasteiger charge is 2.21. The molecule has 0 spiro atoms. The minimum absolute atomic E-state index is 0.0885. The van der Waals surface area contributed by atoms with Gasteiger partial charge in [0.2, 0.25) is 5.91 Å². The molecule has 0 aromatic heterocycles. The highest BCUT2D eigenvalue weighted by molar-refractivity contribution is 5.76. The van der Waals surface area contributed by atoms with Crippen LogP contribution in [0.5, 0.6) is 0 Å². The fraction of sp³-hybridized carbons (Fsp3) is 0.381. The fourth-order valence-electron chi connectivity index (χ4n) is 2.80. The van der Waals surface area contributed by atoms with Crippen LogP contribution in [-0.4, -0.2) is 10.8 Å². The number of carbonyl (C=O) groups excluding carboxylic acids is 1. The van der Waals surface area contributed by atoms with Crippen molar-refractivity contribution in [1.82, 2.24) is 4.90 Å². The Morgan fingerprint density at radius 1 is 0.957 bits per heavy atom. The van der Waals surface area contributed by atoms with E-state index in [0.29, 0.717) is 13.0 Å². The number of amides is 1. The number of rotatable bonds is 8. The quantitative estimate of drug-likeness (QED) is 0.601. The minimum Gasteiger partial charge on any atom is -0.332 e. The van der Waals surface area contributed by atoms with E-state index in [2.05, 4.69) is 38.1 Å². The molecule has 1 atom stereocenters. The molecular weight excluding hydrogens is 282 g/mol. The van der Waals surface area contributed by atoms with E-state index in [0.717, 1.165) is 19.3 Å². The van der Waals surface area contributed by atoms with Crippen LogP contribution in [0.15, 0.2) is 60.7 Å². The van der Waals surface area contributed by atoms with E-state index in [1.54, 1.807) is 0 Å². The summed E-state index contributed by atoms with van der Waals surface area (Å²) in [4.78, 5) is 14.8. The zero-order valence-corrected chi connectivity index (χ0v) is 14.2. The van der Waals surface area contributed by atoms with Gasteiger partial charge in [0.15, 0.2) is 0 Å². The second-order valence-electron chi connectivity index (χ2n) is 6.05. The van der Waals surface area contributed by atoms with Crippen molar-refractivity contribution in [2.45, 2.75) is 52.1 Å². The lowest BCUT2D eigenvalue weighted by molar-refractivity contribution is -0.134. The van der Waals surface area contributed by atoms with Crippen molar-refractivity contribution >= 4 is 5.91 Å². The monoisotopic (exact) mass is 309 g/mol. The molecule has 0 heterocycles. The normalized spacial score (nSPS) is 11.9. The molecule has 2 rings (SSSR count). The van der Waals surface area contributed by atoms with Crippen molar-refractivity contribution in [3.05, 3.63) is 71.8 Å². The number of carbonyl (C=O) groups is 1. The molecule has 1 amide bonds. The Morgan fingerprint density at radius 3 is 2.17 bits per heavy atom. The first-order valence-corrected chi connectivity index (χ1v) is 8.60. The zero-order chi connectivity index (χ0) is 16.5. The summed E-state index contributed by atoms with van der Waals surface area (Å²) in [5, 5.41) is 0. The molecule has 0 aliphatic heterocycles. The van der Waals surface area contributed by atoms with Crippen molar-refractivity contribution in [2.24, 2.45) is 0 Å². The third kappa shape index (κ3) is 5.24. The molecular formula is C21H27NO. The van der Waals surface area contributed by atoms with Crippen LogP contribution >= 0.6 is 0 Å². The van der Waals surface area contributed by atoms with Gasteiger partial charge < -0.3 is 4.90 Å². The number of hydrogen-bond donors (Lipinski definition) is 0. The van der Waals surface area contributed by atoms with E-state index >= 15 is 0 Å². The van der Waals surface area contributed by atoms with Gasteiger partial charge in [0, 0.05) is 13.0 Å². The van der Waals surface area contributed by atoms with Crippen molar-refractivity contribution in [1.29, 1.82) is 0 Å². The molecule has 23 heavy (non-hydrogen) atoms. The summed E-state index contributed by atoms with van der Waals surface area (Å²) >= 11 is 0. The molecule has 2 nitrogen and oxygen atoms in total. The lowest BCUT2D eigenvalue weighted by Gasteiger charge is -2.30. The summed E-state index contributed by atoms with van der Waals surface area (Å²) < 4.78 is 0. The summed E-state index contributed by atoms with van der Waals surface area (Å²) in [6, 6.07) is 20.6. The molecule has 0 aliphatic carbocycles. The fourth-order valence-corrected chi connectivity index (χ4v) is 2.80. The highest BCUT2D eigenvalue weighted by atomic mass is 16.2. The van der Waals surface area contributed by atoms with Gasteiger partial charge in [0.05, 0.1) is 6.04 Å². The topological polar surface area (TPSA) is 20.3 Å². The molecule has 2 aromatic rings. The number of nitrogens with zero attached hydrogens (tertiary/aromatic N) is 1. The van der Waals surface area contributed by atoms with Gasteiger partial charge >= 0.3 is 0 Å². The van der Waals surface area contributed by atoms with Crippen molar-refractivity contribution < 1.29 is 4.79 Å². The Morgan fingerprint density at radius 2 is 1.57 bits per heavy atom. The third-order valence-electron chi connectivity index (χ3n) is 4.26. The molecule has 0 N–H and O–H groups in total. The predicted octanol–water partition coefficient (Wildman–Crippen LogP) is 5.36. The van der Waals surface area contributed by atoms with Crippen LogP contribution in [0.25, 0.3) is 0 Å². The molecule has 0 fully saturated rings. The molecule has 0 bridgehead atoms. The maximum Gasteiger partial charge on any atom is 0.223 e. The average Bonchev–Trinajstić information content (AvgIpc) is 2.61. The number of benzene rings is 2. The maximum absolute atomic E-state index is 12.8. The number of unbranched alkanes of at least 4 members (excludes halogenated alkanes) is 2. The minimum atomic E-state index is 0.0885. The molecule has 2 aromatic carbocycles. The first-order chi connectivity index (χ1) is 11.2. The zero-order valence-electron chi connectivity index (χ0n) is 14.2. The van der Waals surface area contributed by atoms with E-state index in [1.807, 2.05) is 41.3 Å². The van der Waals surface area contributed by atoms with Crippen LogP contribution in [0, 0.1) is 0 Å². The van der Waals surface area contributed by atoms with Crippen LogP contribution in [0.2, 0.25) is 0 Å². The molecule has 122 valence electrons. The second-order valence-corrected chi connectivity index (χ2v) is 6.05. The predicted molar refractivity (Wildman–Crippen MR) is 96.0 cm³/mol. The highest BCUT2D eigenvalue weighted by Crippen LogP contribution is 2.23. The SMILES string of the molecule is CCCCCC(=O)N(Cc1ccccc1)C(C)c1ccccc1. The van der Waals surface area contributed by atoms with E-state index in [-0.39, 0.29) is 11.9 Å². The molecule has 0 radical (unpaired) electrons. The Balaban J connectivity index is 2.15. The molecule has 1 unspecified atom stereocenters. The summed E-state index contributed by atoms with van der Waals surface area (Å²) in [6.07, 6.45) is 3.87. The molecule has 0 saturated carbocycles. The van der Waals surface area contributed by atoms with Gasteiger partial charge in [0.25, 0.3) is 0 Å². The second kappa shape index (κ2) is 9.14. The average molecular weight is 309 g/mol. The number of hydrogen-bond acceptors (Lipinski definition) is 1. The van der Waals surface area contributed by atoms with Crippen LogP contribution < -0.4 is 0 Å². The molecule has 0 saturated heterocycles. The Kier molecular flexibility index (Phi) is 6.86. The van der Waals surface area contributed by atoms with Crippen LogP contribution in [-0.2, 0) is 11.3 Å². The van der Waals surface area contributed by atoms with Crippen molar-refractivity contribution in [2.75, 3.05) is 0 Å². The lowest BCUT2D eigenvalue weighted by Crippen LogP contribution is -2.33. The van der Waals surface area contributed by atoms with Gasteiger partial charge in [0.1, 0.15) is 0 Å². The summed E-state index contributed by atoms with van der Waals surface area (Å²) in [5.74, 6) is 0.249. The van der Waals surface area contributed by atoms with Gasteiger partial charge in [-0.25, -0.2) is 0 Å². The smallest absolute Gasteiger partial charge is 0.223 e. The Labute approximate surface area is 140 Å². The van der Waals surface area contributed by atoms with Crippen molar-refractivity contribution in [3.8, 4) is 0 Å². The van der Waals surface area contributed by atoms with Crippen molar-refractivity contribution in [3.63, 3.8) is 0 Å². The van der Waals surface area contributed by atoms with Crippen LogP contribution in [0.3, 0.4) is 0 Å². The summed E-state index contributed by atoms with van der Waals surface area (Å²) in [6.45, 7) is 4.96. The molecule has 2 heteroatoms. The first kappa shape index (κ1) is 17.3. The van der Waals surface area contributed by atoms with Gasteiger partial charge in [-0.1, -0.05) is 80.4 Å². The maximum atomic E-state index is 12.8. The molecule has 0 aliphatic rings. The van der Waals surface area contributed by atoms with E-state index in [1.165, 1.54) is 11.1 Å². The van der Waals surface area contributed by atoms with E-state index in [4.69, 9.17) is 0 Å². The van der Waals surface area contributed by atoms with Gasteiger partial charge in [-0.05, 0) is 24.5 Å². The van der Waals surface area contributed by atoms with Gasteiger partial charge in [-0.2, -0.15) is 0 Å². The Bertz CT molecular complexity index is 579. The van der Waals surface area contributed by atoms with Gasteiger partial charge in [-0.15, -0.1) is 0 Å². The van der Waals surface area contributed by atoms with Crippen LogP contribution in [0.4, 0.5) is 0 Å². The first-order valence-electron chi connectivity index (χ1n) is 8.60.